The minimum atomic E-state index is -4.36. The van der Waals surface area contributed by atoms with Crippen LogP contribution in [0.1, 0.15) is 30.5 Å². The second-order valence-electron chi connectivity index (χ2n) is 7.46. The minimum absolute atomic E-state index is 0.104. The third-order valence-corrected chi connectivity index (χ3v) is 5.36. The number of nitrogens with one attached hydrogen (secondary N) is 2. The maximum absolute atomic E-state index is 13.1. The fourth-order valence-electron chi connectivity index (χ4n) is 3.94. The van der Waals surface area contributed by atoms with Crippen LogP contribution in [0.3, 0.4) is 0 Å². The molecule has 4 rings (SSSR count). The van der Waals surface area contributed by atoms with E-state index in [1.165, 1.54) is 12.1 Å². The third kappa shape index (κ3) is 3.97. The van der Waals surface area contributed by atoms with Crippen LogP contribution in [0.2, 0.25) is 0 Å². The Labute approximate surface area is 162 Å². The quantitative estimate of drug-likeness (QED) is 0.631. The zero-order valence-electron chi connectivity index (χ0n) is 15.5. The van der Waals surface area contributed by atoms with E-state index < -0.39 is 11.7 Å². The predicted octanol–water partition coefficient (Wildman–Crippen LogP) is 5.40. The van der Waals surface area contributed by atoms with E-state index in [-0.39, 0.29) is 12.0 Å². The summed E-state index contributed by atoms with van der Waals surface area (Å²) in [5.41, 5.74) is 1.74. The van der Waals surface area contributed by atoms with E-state index in [4.69, 9.17) is 0 Å². The Morgan fingerprint density at radius 3 is 2.71 bits per heavy atom. The van der Waals surface area contributed by atoms with Gasteiger partial charge in [-0.3, -0.25) is 4.98 Å². The van der Waals surface area contributed by atoms with Crippen molar-refractivity contribution in [1.82, 2.24) is 10.3 Å². The number of halogens is 3. The number of anilines is 1. The zero-order valence-corrected chi connectivity index (χ0v) is 15.5. The first-order chi connectivity index (χ1) is 13.4. The molecule has 2 heterocycles. The van der Waals surface area contributed by atoms with Crippen molar-refractivity contribution in [2.45, 2.75) is 31.6 Å². The zero-order chi connectivity index (χ0) is 19.7. The molecule has 0 spiro atoms. The smallest absolute Gasteiger partial charge is 0.378 e. The Balaban J connectivity index is 1.69. The van der Waals surface area contributed by atoms with Gasteiger partial charge in [0.15, 0.2) is 0 Å². The van der Waals surface area contributed by atoms with Crippen LogP contribution < -0.4 is 10.6 Å². The van der Waals surface area contributed by atoms with Crippen molar-refractivity contribution >= 4 is 16.6 Å². The summed E-state index contributed by atoms with van der Waals surface area (Å²) < 4.78 is 39.3. The Bertz CT molecular complexity index is 970. The Hall–Kier alpha value is -2.60. The molecule has 146 valence electrons. The number of pyridine rings is 1. The summed E-state index contributed by atoms with van der Waals surface area (Å²) in [6, 6.07) is 15.7. The number of benzene rings is 2. The fourth-order valence-corrected chi connectivity index (χ4v) is 3.94. The predicted molar refractivity (Wildman–Crippen MR) is 105 cm³/mol. The van der Waals surface area contributed by atoms with E-state index in [0.29, 0.717) is 11.7 Å². The largest absolute Gasteiger partial charge is 0.416 e. The standard InChI is InChI=1S/C22H22F3N3/c1-14-10-17(13-27-14)21(16-8-7-15-4-3-9-26-20(15)11-16)28-19-6-2-5-18(12-19)22(23,24)25/h2-9,11-12,14,17,21,27-28H,10,13H2,1H3. The maximum Gasteiger partial charge on any atom is 0.416 e. The summed E-state index contributed by atoms with van der Waals surface area (Å²) in [6.45, 7) is 2.95. The first-order valence-corrected chi connectivity index (χ1v) is 9.42. The summed E-state index contributed by atoms with van der Waals surface area (Å²) in [5, 5.41) is 7.85. The summed E-state index contributed by atoms with van der Waals surface area (Å²) in [5.74, 6) is 0.269. The van der Waals surface area contributed by atoms with Crippen molar-refractivity contribution < 1.29 is 13.2 Å². The lowest BCUT2D eigenvalue weighted by Crippen LogP contribution is -2.23. The molecule has 1 aliphatic heterocycles. The van der Waals surface area contributed by atoms with Crippen LogP contribution in [0.15, 0.2) is 60.8 Å². The first-order valence-electron chi connectivity index (χ1n) is 9.42. The average Bonchev–Trinajstić information content (AvgIpc) is 3.11. The Kier molecular flexibility index (Phi) is 4.98. The number of rotatable bonds is 4. The molecule has 1 aromatic heterocycles. The van der Waals surface area contributed by atoms with Crippen molar-refractivity contribution in [3.63, 3.8) is 0 Å². The molecule has 3 unspecified atom stereocenters. The third-order valence-electron chi connectivity index (χ3n) is 5.36. The van der Waals surface area contributed by atoms with Gasteiger partial charge in [0.1, 0.15) is 0 Å². The summed E-state index contributed by atoms with van der Waals surface area (Å²) in [4.78, 5) is 4.43. The molecule has 0 aliphatic carbocycles. The molecule has 1 saturated heterocycles. The first kappa shape index (κ1) is 18.7. The lowest BCUT2D eigenvalue weighted by molar-refractivity contribution is -0.137. The number of hydrogen-bond acceptors (Lipinski definition) is 3. The van der Waals surface area contributed by atoms with Gasteiger partial charge in [-0.2, -0.15) is 13.2 Å². The molecule has 0 radical (unpaired) electrons. The van der Waals surface area contributed by atoms with Gasteiger partial charge >= 0.3 is 6.18 Å². The molecule has 2 N–H and O–H groups in total. The van der Waals surface area contributed by atoms with Gasteiger partial charge in [-0.05, 0) is 55.2 Å². The van der Waals surface area contributed by atoms with E-state index in [1.807, 2.05) is 30.3 Å². The molecule has 0 saturated carbocycles. The Morgan fingerprint density at radius 1 is 1.11 bits per heavy atom. The van der Waals surface area contributed by atoms with Crippen molar-refractivity contribution in [1.29, 1.82) is 0 Å². The highest BCUT2D eigenvalue weighted by Crippen LogP contribution is 2.35. The van der Waals surface area contributed by atoms with Crippen LogP contribution in [0.5, 0.6) is 0 Å². The monoisotopic (exact) mass is 385 g/mol. The molecule has 2 aromatic carbocycles. The van der Waals surface area contributed by atoms with Crippen LogP contribution in [-0.4, -0.2) is 17.6 Å². The van der Waals surface area contributed by atoms with Crippen molar-refractivity contribution in [2.24, 2.45) is 5.92 Å². The lowest BCUT2D eigenvalue weighted by Gasteiger charge is -2.27. The molecule has 6 heteroatoms. The molecule has 3 atom stereocenters. The van der Waals surface area contributed by atoms with Crippen LogP contribution in [0, 0.1) is 5.92 Å². The minimum Gasteiger partial charge on any atom is -0.378 e. The second kappa shape index (κ2) is 7.43. The second-order valence-corrected chi connectivity index (χ2v) is 7.46. The Morgan fingerprint density at radius 2 is 1.96 bits per heavy atom. The molecule has 1 aliphatic rings. The number of fused-ring (bicyclic) bond motifs is 1. The van der Waals surface area contributed by atoms with Gasteiger partial charge in [0.25, 0.3) is 0 Å². The molecular formula is C22H22F3N3. The highest BCUT2D eigenvalue weighted by atomic mass is 19.4. The molecule has 0 bridgehead atoms. The topological polar surface area (TPSA) is 37.0 Å². The van der Waals surface area contributed by atoms with Gasteiger partial charge in [-0.25, -0.2) is 0 Å². The SMILES string of the molecule is CC1CC(C(Nc2cccc(C(F)(F)F)c2)c2ccc3cccnc3c2)CN1. The molecular weight excluding hydrogens is 363 g/mol. The summed E-state index contributed by atoms with van der Waals surface area (Å²) >= 11 is 0. The summed E-state index contributed by atoms with van der Waals surface area (Å²) in [7, 11) is 0. The number of alkyl halides is 3. The molecule has 3 aromatic rings. The van der Waals surface area contributed by atoms with Gasteiger partial charge in [0.2, 0.25) is 0 Å². The van der Waals surface area contributed by atoms with Crippen LogP contribution >= 0.6 is 0 Å². The number of hydrogen-bond donors (Lipinski definition) is 2. The average molecular weight is 385 g/mol. The van der Waals surface area contributed by atoms with E-state index in [1.54, 1.807) is 12.3 Å². The summed E-state index contributed by atoms with van der Waals surface area (Å²) in [6.07, 6.45) is -1.65. The van der Waals surface area contributed by atoms with E-state index in [0.717, 1.165) is 35.5 Å². The molecule has 1 fully saturated rings. The highest BCUT2D eigenvalue weighted by Gasteiger charge is 2.32. The van der Waals surface area contributed by atoms with E-state index >= 15 is 0 Å². The van der Waals surface area contributed by atoms with Gasteiger partial charge in [-0.15, -0.1) is 0 Å². The van der Waals surface area contributed by atoms with Gasteiger partial charge in [-0.1, -0.05) is 24.3 Å². The number of nitrogens with zero attached hydrogens (tertiary/aromatic N) is 1. The normalized spacial score (nSPS) is 21.0. The lowest BCUT2D eigenvalue weighted by atomic mass is 9.90. The van der Waals surface area contributed by atoms with Crippen LogP contribution in [-0.2, 0) is 6.18 Å². The fraction of sp³-hybridized carbons (Fsp3) is 0.318. The van der Waals surface area contributed by atoms with Gasteiger partial charge in [0.05, 0.1) is 17.1 Å². The van der Waals surface area contributed by atoms with Gasteiger partial charge < -0.3 is 10.6 Å². The molecule has 0 amide bonds. The molecule has 3 nitrogen and oxygen atoms in total. The highest BCUT2D eigenvalue weighted by molar-refractivity contribution is 5.79. The van der Waals surface area contributed by atoms with Gasteiger partial charge in [0, 0.05) is 29.9 Å². The van der Waals surface area contributed by atoms with Crippen LogP contribution in [0.25, 0.3) is 10.9 Å². The van der Waals surface area contributed by atoms with Crippen molar-refractivity contribution in [3.05, 3.63) is 71.9 Å². The number of aromatic nitrogens is 1. The van der Waals surface area contributed by atoms with E-state index in [9.17, 15) is 13.2 Å². The van der Waals surface area contributed by atoms with Crippen LogP contribution in [0.4, 0.5) is 18.9 Å². The van der Waals surface area contributed by atoms with Crippen molar-refractivity contribution in [3.8, 4) is 0 Å². The van der Waals surface area contributed by atoms with E-state index in [2.05, 4.69) is 22.5 Å². The molecule has 28 heavy (non-hydrogen) atoms. The maximum atomic E-state index is 13.1. The van der Waals surface area contributed by atoms with Crippen molar-refractivity contribution in [2.75, 3.05) is 11.9 Å².